The van der Waals surface area contributed by atoms with E-state index in [0.717, 1.165) is 39.0 Å². The van der Waals surface area contributed by atoms with Crippen LogP contribution >= 0.6 is 23.1 Å². The minimum Gasteiger partial charge on any atom is -0.497 e. The van der Waals surface area contributed by atoms with Crippen molar-refractivity contribution in [2.24, 2.45) is 0 Å². The molecule has 2 aromatic carbocycles. The van der Waals surface area contributed by atoms with Crippen LogP contribution in [0.4, 0.5) is 5.13 Å². The number of carbonyl (C=O) groups is 1. The molecule has 0 aliphatic carbocycles. The lowest BCUT2D eigenvalue weighted by Crippen LogP contribution is -2.30. The van der Waals surface area contributed by atoms with E-state index in [2.05, 4.69) is 18.0 Å². The van der Waals surface area contributed by atoms with Gasteiger partial charge in [-0.1, -0.05) is 23.5 Å². The lowest BCUT2D eigenvalue weighted by atomic mass is 10.2. The zero-order valence-electron chi connectivity index (χ0n) is 18.2. The summed E-state index contributed by atoms with van der Waals surface area (Å²) in [6.07, 6.45) is 3.01. The number of nitrogens with zero attached hydrogens (tertiary/aromatic N) is 3. The predicted octanol–water partition coefficient (Wildman–Crippen LogP) is 6.11. The van der Waals surface area contributed by atoms with Gasteiger partial charge in [0.05, 0.1) is 29.6 Å². The highest BCUT2D eigenvalue weighted by Crippen LogP contribution is 2.31. The number of pyridine rings is 1. The summed E-state index contributed by atoms with van der Waals surface area (Å²) < 4.78 is 6.29. The topological polar surface area (TPSA) is 55.3 Å². The smallest absolute Gasteiger partial charge is 0.229 e. The quantitative estimate of drug-likeness (QED) is 0.221. The molecule has 0 atom stereocenters. The molecule has 0 fully saturated rings. The van der Waals surface area contributed by atoms with Crippen molar-refractivity contribution in [1.82, 2.24) is 9.97 Å². The Morgan fingerprint density at radius 1 is 1.12 bits per heavy atom. The van der Waals surface area contributed by atoms with Gasteiger partial charge in [-0.2, -0.15) is 0 Å². The van der Waals surface area contributed by atoms with E-state index in [0.29, 0.717) is 13.0 Å². The molecule has 7 heteroatoms. The fourth-order valence-electron chi connectivity index (χ4n) is 3.27. The van der Waals surface area contributed by atoms with Crippen LogP contribution in [0.25, 0.3) is 10.2 Å². The molecule has 32 heavy (non-hydrogen) atoms. The normalized spacial score (nSPS) is 10.9. The number of amides is 1. The van der Waals surface area contributed by atoms with E-state index >= 15 is 0 Å². The molecule has 2 heterocycles. The first-order valence-electron chi connectivity index (χ1n) is 10.5. The van der Waals surface area contributed by atoms with E-state index in [-0.39, 0.29) is 5.91 Å². The Balaban J connectivity index is 1.44. The SMILES string of the molecule is COc1ccc(SCCCC(=O)N(Cc2ccccn2)c2nc3ccc(C)cc3s2)cc1. The number of ether oxygens (including phenoxy) is 1. The predicted molar refractivity (Wildman–Crippen MR) is 133 cm³/mol. The van der Waals surface area contributed by atoms with E-state index in [4.69, 9.17) is 9.72 Å². The Hall–Kier alpha value is -2.90. The number of anilines is 1. The number of hydrogen-bond donors (Lipinski definition) is 0. The highest BCUT2D eigenvalue weighted by molar-refractivity contribution is 7.99. The van der Waals surface area contributed by atoms with E-state index in [1.54, 1.807) is 41.3 Å². The highest BCUT2D eigenvalue weighted by Gasteiger charge is 2.20. The number of rotatable bonds is 9. The Bertz CT molecular complexity index is 1180. The molecule has 0 aliphatic heterocycles. The fraction of sp³-hybridized carbons (Fsp3) is 0.240. The first kappa shape index (κ1) is 22.3. The number of thioether (sulfide) groups is 1. The van der Waals surface area contributed by atoms with E-state index < -0.39 is 0 Å². The second-order valence-electron chi connectivity index (χ2n) is 7.40. The van der Waals surface area contributed by atoms with Crippen molar-refractivity contribution in [3.8, 4) is 5.75 Å². The van der Waals surface area contributed by atoms with Gasteiger partial charge in [0, 0.05) is 17.5 Å². The molecule has 0 bridgehead atoms. The minimum absolute atomic E-state index is 0.0711. The zero-order valence-corrected chi connectivity index (χ0v) is 19.8. The number of benzene rings is 2. The van der Waals surface area contributed by atoms with Gasteiger partial charge in [0.25, 0.3) is 0 Å². The molecule has 5 nitrogen and oxygen atoms in total. The number of carbonyl (C=O) groups excluding carboxylic acids is 1. The van der Waals surface area contributed by atoms with Crippen molar-refractivity contribution in [1.29, 1.82) is 0 Å². The zero-order chi connectivity index (χ0) is 22.3. The second kappa shape index (κ2) is 10.6. The third kappa shape index (κ3) is 5.66. The van der Waals surface area contributed by atoms with Crippen LogP contribution < -0.4 is 9.64 Å². The summed E-state index contributed by atoms with van der Waals surface area (Å²) in [6, 6.07) is 19.9. The number of methoxy groups -OCH3 is 1. The summed E-state index contributed by atoms with van der Waals surface area (Å²) in [7, 11) is 1.66. The van der Waals surface area contributed by atoms with Crippen LogP contribution in [0.3, 0.4) is 0 Å². The summed E-state index contributed by atoms with van der Waals surface area (Å²) >= 11 is 3.30. The molecule has 0 unspecified atom stereocenters. The Morgan fingerprint density at radius 2 is 1.97 bits per heavy atom. The van der Waals surface area contributed by atoms with Crippen LogP contribution in [0.2, 0.25) is 0 Å². The number of aromatic nitrogens is 2. The fourth-order valence-corrected chi connectivity index (χ4v) is 5.20. The molecule has 2 aromatic heterocycles. The van der Waals surface area contributed by atoms with Crippen LogP contribution in [0.1, 0.15) is 24.1 Å². The molecule has 0 spiro atoms. The van der Waals surface area contributed by atoms with E-state index in [9.17, 15) is 4.79 Å². The second-order valence-corrected chi connectivity index (χ2v) is 9.57. The maximum absolute atomic E-state index is 13.2. The maximum atomic E-state index is 13.2. The molecule has 0 saturated carbocycles. The van der Waals surface area contributed by atoms with E-state index in [1.165, 1.54) is 10.5 Å². The number of hydrogen-bond acceptors (Lipinski definition) is 6. The molecular weight excluding hydrogens is 438 g/mol. The van der Waals surface area contributed by atoms with Gasteiger partial charge in [0.15, 0.2) is 5.13 Å². The van der Waals surface area contributed by atoms with Crippen molar-refractivity contribution in [2.75, 3.05) is 17.8 Å². The monoisotopic (exact) mass is 463 g/mol. The largest absolute Gasteiger partial charge is 0.497 e. The van der Waals surface area contributed by atoms with Crippen LogP contribution in [-0.4, -0.2) is 28.7 Å². The third-order valence-corrected chi connectivity index (χ3v) is 7.11. The van der Waals surface area contributed by atoms with Gasteiger partial charge < -0.3 is 4.74 Å². The Morgan fingerprint density at radius 3 is 2.72 bits per heavy atom. The summed E-state index contributed by atoms with van der Waals surface area (Å²) in [6.45, 7) is 2.49. The first-order chi connectivity index (χ1) is 15.6. The van der Waals surface area contributed by atoms with E-state index in [1.807, 2.05) is 54.6 Å². The number of aryl methyl sites for hydroxylation is 1. The van der Waals surface area contributed by atoms with Crippen molar-refractivity contribution in [3.63, 3.8) is 0 Å². The number of fused-ring (bicyclic) bond motifs is 1. The summed E-state index contributed by atoms with van der Waals surface area (Å²) in [4.78, 5) is 25.3. The highest BCUT2D eigenvalue weighted by atomic mass is 32.2. The summed E-state index contributed by atoms with van der Waals surface area (Å²) in [5.74, 6) is 1.79. The molecular formula is C25H25N3O2S2. The molecule has 1 amide bonds. The lowest BCUT2D eigenvalue weighted by molar-refractivity contribution is -0.118. The molecule has 0 saturated heterocycles. The molecule has 0 radical (unpaired) electrons. The number of thiazole rings is 1. The summed E-state index contributed by atoms with van der Waals surface area (Å²) in [5.41, 5.74) is 2.96. The lowest BCUT2D eigenvalue weighted by Gasteiger charge is -2.19. The average molecular weight is 464 g/mol. The standard InChI is InChI=1S/C25H25N3O2S2/c1-18-8-13-22-23(16-18)32-25(27-22)28(17-19-6-3-4-14-26-19)24(29)7-5-15-31-21-11-9-20(30-2)10-12-21/h3-4,6,8-14,16H,5,7,15,17H2,1-2H3. The Kier molecular flexibility index (Phi) is 7.39. The molecule has 4 rings (SSSR count). The van der Waals surface area contributed by atoms with Gasteiger partial charge in [-0.05, 0) is 73.2 Å². The third-order valence-electron chi connectivity index (χ3n) is 4.97. The van der Waals surface area contributed by atoms with Gasteiger partial charge in [-0.25, -0.2) is 4.98 Å². The van der Waals surface area contributed by atoms with Gasteiger partial charge in [0.1, 0.15) is 5.75 Å². The molecule has 0 N–H and O–H groups in total. The van der Waals surface area contributed by atoms with Crippen molar-refractivity contribution in [3.05, 3.63) is 78.1 Å². The van der Waals surface area contributed by atoms with Gasteiger partial charge in [-0.3, -0.25) is 14.7 Å². The van der Waals surface area contributed by atoms with Crippen molar-refractivity contribution in [2.45, 2.75) is 31.2 Å². The summed E-state index contributed by atoms with van der Waals surface area (Å²) in [5, 5.41) is 0.726. The molecule has 164 valence electrons. The van der Waals surface area contributed by atoms with Crippen LogP contribution in [-0.2, 0) is 11.3 Å². The first-order valence-corrected chi connectivity index (χ1v) is 12.3. The average Bonchev–Trinajstić information content (AvgIpc) is 3.24. The molecule has 4 aromatic rings. The maximum Gasteiger partial charge on any atom is 0.229 e. The Labute approximate surface area is 196 Å². The van der Waals surface area contributed by atoms with Crippen LogP contribution in [0, 0.1) is 6.92 Å². The van der Waals surface area contributed by atoms with Crippen molar-refractivity contribution < 1.29 is 9.53 Å². The van der Waals surface area contributed by atoms with Crippen LogP contribution in [0.5, 0.6) is 5.75 Å². The van der Waals surface area contributed by atoms with Gasteiger partial charge in [-0.15, -0.1) is 11.8 Å². The van der Waals surface area contributed by atoms with Gasteiger partial charge >= 0.3 is 0 Å². The molecule has 0 aliphatic rings. The minimum atomic E-state index is 0.0711. The van der Waals surface area contributed by atoms with Crippen molar-refractivity contribution >= 4 is 44.4 Å². The van der Waals surface area contributed by atoms with Crippen LogP contribution in [0.15, 0.2) is 71.8 Å². The van der Waals surface area contributed by atoms with Gasteiger partial charge in [0.2, 0.25) is 5.91 Å².